The van der Waals surface area contributed by atoms with E-state index in [0.717, 1.165) is 29.7 Å². The summed E-state index contributed by atoms with van der Waals surface area (Å²) in [5.74, 6) is 0.771. The third-order valence-electron chi connectivity index (χ3n) is 5.94. The van der Waals surface area contributed by atoms with Gasteiger partial charge >= 0.3 is 0 Å². The van der Waals surface area contributed by atoms with Gasteiger partial charge in [-0.15, -0.1) is 16.2 Å². The van der Waals surface area contributed by atoms with Crippen molar-refractivity contribution in [2.45, 2.75) is 24.2 Å². The number of hydrazine groups is 1. The van der Waals surface area contributed by atoms with Crippen molar-refractivity contribution in [2.75, 3.05) is 27.3 Å². The lowest BCUT2D eigenvalue weighted by Gasteiger charge is -2.26. The summed E-state index contributed by atoms with van der Waals surface area (Å²) in [5, 5.41) is 3.69. The molecule has 2 heterocycles. The molecule has 1 aliphatic rings. The number of nitrogens with one attached hydrogen (secondary N) is 1. The van der Waals surface area contributed by atoms with Crippen molar-refractivity contribution in [1.82, 2.24) is 9.84 Å². The minimum atomic E-state index is -3.71. The minimum absolute atomic E-state index is 0.104. The van der Waals surface area contributed by atoms with Gasteiger partial charge in [0.1, 0.15) is 11.5 Å². The first-order valence-corrected chi connectivity index (χ1v) is 13.6. The number of carbonyl (C=O) groups excluding carboxylic acids is 1. The molecule has 1 saturated heterocycles. The number of benzene rings is 2. The second kappa shape index (κ2) is 10.7. The molecule has 9 heteroatoms. The second-order valence-corrected chi connectivity index (χ2v) is 10.8. The number of nitrogens with zero attached hydrogens (tertiary/aromatic N) is 1. The summed E-state index contributed by atoms with van der Waals surface area (Å²) in [5.41, 5.74) is 1.95. The van der Waals surface area contributed by atoms with Crippen LogP contribution in [0.3, 0.4) is 0 Å². The number of hydrogen-bond donors (Lipinski definition) is 1. The lowest BCUT2D eigenvalue weighted by molar-refractivity contribution is 0.105. The molecule has 0 saturated carbocycles. The number of piperidine rings is 1. The molecule has 0 spiro atoms. The Bertz CT molecular complexity index is 1310. The Labute approximate surface area is 210 Å². The summed E-state index contributed by atoms with van der Waals surface area (Å²) in [6.45, 7) is 5.41. The number of sulfonamides is 1. The molecule has 2 aromatic carbocycles. The van der Waals surface area contributed by atoms with Crippen molar-refractivity contribution in [1.29, 1.82) is 0 Å². The molecule has 0 radical (unpaired) electrons. The van der Waals surface area contributed by atoms with Gasteiger partial charge in [-0.25, -0.2) is 13.4 Å². The number of ether oxygens (including phenoxy) is 2. The molecule has 1 aliphatic heterocycles. The van der Waals surface area contributed by atoms with Gasteiger partial charge in [-0.3, -0.25) is 4.79 Å². The van der Waals surface area contributed by atoms with Gasteiger partial charge in [0.25, 0.3) is 10.0 Å². The highest BCUT2D eigenvalue weighted by atomic mass is 32.2. The second-order valence-electron chi connectivity index (χ2n) is 8.20. The normalized spacial score (nSPS) is 14.5. The summed E-state index contributed by atoms with van der Waals surface area (Å²) >= 11 is 1.56. The number of methoxy groups -OCH3 is 2. The standard InChI is InChI=1S/C26H28N2O5S2/c1-18(21-16-22(25-8-7-15-34-25)24(33-3)17-23(21)32-2)26(29)19-9-11-20(12-10-19)35(30,31)27-28-13-5-4-6-14-28/h7-12,15-17,27H,1,4-6,13-14H2,2-3H3. The van der Waals surface area contributed by atoms with E-state index in [1.165, 1.54) is 31.4 Å². The van der Waals surface area contributed by atoms with Gasteiger partial charge < -0.3 is 9.47 Å². The van der Waals surface area contributed by atoms with Crippen LogP contribution < -0.4 is 14.3 Å². The van der Waals surface area contributed by atoms with Crippen molar-refractivity contribution in [3.05, 3.63) is 71.6 Å². The quantitative estimate of drug-likeness (QED) is 0.321. The fraction of sp³-hybridized carbons (Fsp3) is 0.269. The summed E-state index contributed by atoms with van der Waals surface area (Å²) in [7, 11) is -0.606. The molecule has 0 aliphatic carbocycles. The maximum Gasteiger partial charge on any atom is 0.253 e. The van der Waals surface area contributed by atoms with Crippen LogP contribution in [0.15, 0.2) is 65.4 Å². The lowest BCUT2D eigenvalue weighted by Crippen LogP contribution is -2.44. The SMILES string of the molecule is C=C(C(=O)c1ccc(S(=O)(=O)NN2CCCCC2)cc1)c1cc(-c2cccs2)c(OC)cc1OC. The Morgan fingerprint density at radius 2 is 1.69 bits per heavy atom. The Morgan fingerprint density at radius 1 is 1.00 bits per heavy atom. The van der Waals surface area contributed by atoms with Gasteiger partial charge in [0, 0.05) is 46.3 Å². The average molecular weight is 513 g/mol. The molecule has 0 unspecified atom stereocenters. The largest absolute Gasteiger partial charge is 0.496 e. The van der Waals surface area contributed by atoms with E-state index in [-0.39, 0.29) is 16.3 Å². The molecule has 4 rings (SSSR count). The minimum Gasteiger partial charge on any atom is -0.496 e. The third-order valence-corrected chi connectivity index (χ3v) is 8.23. The first-order valence-electron chi connectivity index (χ1n) is 11.3. The molecule has 0 atom stereocenters. The molecule has 35 heavy (non-hydrogen) atoms. The van der Waals surface area contributed by atoms with Crippen molar-refractivity contribution in [3.63, 3.8) is 0 Å². The first kappa shape index (κ1) is 25.1. The summed E-state index contributed by atoms with van der Waals surface area (Å²) in [6, 6.07) is 13.4. The zero-order chi connectivity index (χ0) is 25.0. The highest BCUT2D eigenvalue weighted by molar-refractivity contribution is 7.89. The molecular formula is C26H28N2O5S2. The zero-order valence-electron chi connectivity index (χ0n) is 19.7. The molecule has 0 amide bonds. The molecule has 7 nitrogen and oxygen atoms in total. The van der Waals surface area contributed by atoms with Crippen LogP contribution in [0.5, 0.6) is 11.5 Å². The predicted molar refractivity (Wildman–Crippen MR) is 138 cm³/mol. The molecule has 1 aromatic heterocycles. The average Bonchev–Trinajstić information content (AvgIpc) is 3.42. The van der Waals surface area contributed by atoms with E-state index < -0.39 is 10.0 Å². The number of ketones is 1. The third kappa shape index (κ3) is 5.48. The van der Waals surface area contributed by atoms with E-state index in [9.17, 15) is 13.2 Å². The zero-order valence-corrected chi connectivity index (χ0v) is 21.4. The number of hydrogen-bond acceptors (Lipinski definition) is 7. The van der Waals surface area contributed by atoms with Crippen molar-refractivity contribution in [2.24, 2.45) is 0 Å². The highest BCUT2D eigenvalue weighted by Gasteiger charge is 2.23. The first-order chi connectivity index (χ1) is 16.8. The maximum atomic E-state index is 13.3. The van der Waals surface area contributed by atoms with Crippen LogP contribution in [0.2, 0.25) is 0 Å². The molecule has 184 valence electrons. The van der Waals surface area contributed by atoms with Crippen LogP contribution in [0.1, 0.15) is 35.2 Å². The number of Topliss-reactive ketones (excluding diaryl/α,β-unsaturated/α-hetero) is 1. The van der Waals surface area contributed by atoms with E-state index in [0.29, 0.717) is 35.7 Å². The van der Waals surface area contributed by atoms with Crippen LogP contribution in [0.25, 0.3) is 16.0 Å². The molecule has 3 aromatic rings. The van der Waals surface area contributed by atoms with Gasteiger partial charge in [-0.2, -0.15) is 0 Å². The maximum absolute atomic E-state index is 13.3. The number of thiophene rings is 1. The smallest absolute Gasteiger partial charge is 0.253 e. The monoisotopic (exact) mass is 512 g/mol. The van der Waals surface area contributed by atoms with Crippen LogP contribution in [0.4, 0.5) is 0 Å². The number of carbonyl (C=O) groups is 1. The van der Waals surface area contributed by atoms with Gasteiger partial charge in [-0.05, 0) is 54.6 Å². The topological polar surface area (TPSA) is 84.9 Å². The lowest BCUT2D eigenvalue weighted by atomic mass is 9.95. The Morgan fingerprint density at radius 3 is 2.29 bits per heavy atom. The molecule has 0 bridgehead atoms. The molecule has 1 fully saturated rings. The summed E-state index contributed by atoms with van der Waals surface area (Å²) in [6.07, 6.45) is 3.02. The van der Waals surface area contributed by atoms with E-state index in [1.807, 2.05) is 23.6 Å². The Hall–Kier alpha value is -2.98. The van der Waals surface area contributed by atoms with E-state index in [4.69, 9.17) is 9.47 Å². The highest BCUT2D eigenvalue weighted by Crippen LogP contribution is 2.40. The van der Waals surface area contributed by atoms with Crippen LogP contribution in [-0.4, -0.2) is 46.5 Å². The number of allylic oxidation sites excluding steroid dienone is 1. The van der Waals surface area contributed by atoms with Gasteiger partial charge in [0.15, 0.2) is 5.78 Å². The predicted octanol–water partition coefficient (Wildman–Crippen LogP) is 5.01. The van der Waals surface area contributed by atoms with E-state index >= 15 is 0 Å². The van der Waals surface area contributed by atoms with E-state index in [2.05, 4.69) is 11.4 Å². The Kier molecular flexibility index (Phi) is 7.71. The van der Waals surface area contributed by atoms with Crippen LogP contribution in [0, 0.1) is 0 Å². The van der Waals surface area contributed by atoms with Crippen molar-refractivity contribution in [3.8, 4) is 21.9 Å². The molecular weight excluding hydrogens is 484 g/mol. The van der Waals surface area contributed by atoms with Crippen LogP contribution in [-0.2, 0) is 10.0 Å². The van der Waals surface area contributed by atoms with Crippen LogP contribution >= 0.6 is 11.3 Å². The van der Waals surface area contributed by atoms with Crippen molar-refractivity contribution < 1.29 is 22.7 Å². The molecule has 1 N–H and O–H groups in total. The van der Waals surface area contributed by atoms with Gasteiger partial charge in [-0.1, -0.05) is 19.1 Å². The summed E-state index contributed by atoms with van der Waals surface area (Å²) in [4.78, 5) is 17.0. The Balaban J connectivity index is 1.59. The summed E-state index contributed by atoms with van der Waals surface area (Å²) < 4.78 is 36.6. The number of rotatable bonds is 9. The van der Waals surface area contributed by atoms with Crippen molar-refractivity contribution >= 4 is 32.7 Å². The fourth-order valence-electron chi connectivity index (χ4n) is 4.05. The van der Waals surface area contributed by atoms with E-state index in [1.54, 1.807) is 29.5 Å². The van der Waals surface area contributed by atoms with Gasteiger partial charge in [0.05, 0.1) is 19.1 Å². The van der Waals surface area contributed by atoms with Gasteiger partial charge in [0.2, 0.25) is 0 Å². The fourth-order valence-corrected chi connectivity index (χ4v) is 5.92.